The van der Waals surface area contributed by atoms with E-state index in [1.807, 2.05) is 40.1 Å². The molecule has 2 fully saturated rings. The number of hydrogen-bond donors (Lipinski definition) is 1. The van der Waals surface area contributed by atoms with Gasteiger partial charge >= 0.3 is 6.03 Å². The lowest BCUT2D eigenvalue weighted by Gasteiger charge is -2.38. The number of ether oxygens (including phenoxy) is 1. The van der Waals surface area contributed by atoms with E-state index in [4.69, 9.17) is 4.74 Å². The van der Waals surface area contributed by atoms with E-state index in [-0.39, 0.29) is 11.6 Å². The normalized spacial score (nSPS) is 19.1. The van der Waals surface area contributed by atoms with Gasteiger partial charge in [0, 0.05) is 56.9 Å². The van der Waals surface area contributed by atoms with Crippen LogP contribution in [0.3, 0.4) is 0 Å². The zero-order valence-corrected chi connectivity index (χ0v) is 14.8. The summed E-state index contributed by atoms with van der Waals surface area (Å²) in [4.78, 5) is 33.8. The van der Waals surface area contributed by atoms with Crippen molar-refractivity contribution in [3.8, 4) is 0 Å². The highest BCUT2D eigenvalue weighted by atomic mass is 16.5. The number of fused-ring (bicyclic) bond motifs is 1. The average molecular weight is 356 g/mol. The fourth-order valence-electron chi connectivity index (χ4n) is 3.60. The van der Waals surface area contributed by atoms with Crippen molar-refractivity contribution in [2.45, 2.75) is 6.54 Å². The Bertz CT molecular complexity index is 836. The molecule has 2 aliphatic heterocycles. The van der Waals surface area contributed by atoms with Gasteiger partial charge in [-0.1, -0.05) is 18.2 Å². The number of nitrogens with zero attached hydrogens (tertiary/aromatic N) is 3. The summed E-state index contributed by atoms with van der Waals surface area (Å²) < 4.78 is 5.31. The van der Waals surface area contributed by atoms with Gasteiger partial charge in [-0.15, -0.1) is 0 Å². The first-order valence-corrected chi connectivity index (χ1v) is 9.15. The van der Waals surface area contributed by atoms with Crippen LogP contribution < -0.4 is 5.56 Å². The molecule has 0 radical (unpaired) electrons. The highest BCUT2D eigenvalue weighted by Gasteiger charge is 2.26. The molecule has 138 valence electrons. The number of benzene rings is 1. The van der Waals surface area contributed by atoms with Gasteiger partial charge in [0.15, 0.2) is 0 Å². The van der Waals surface area contributed by atoms with E-state index in [2.05, 4.69) is 9.88 Å². The summed E-state index contributed by atoms with van der Waals surface area (Å²) in [6, 6.07) is 9.89. The van der Waals surface area contributed by atoms with Gasteiger partial charge in [-0.2, -0.15) is 0 Å². The first-order chi connectivity index (χ1) is 12.7. The summed E-state index contributed by atoms with van der Waals surface area (Å²) in [5.74, 6) is 0. The van der Waals surface area contributed by atoms with Gasteiger partial charge in [-0.3, -0.25) is 9.69 Å². The maximum absolute atomic E-state index is 12.5. The zero-order chi connectivity index (χ0) is 17.9. The Hall–Kier alpha value is -2.38. The minimum atomic E-state index is -0.0319. The number of urea groups is 1. The molecule has 0 atom stereocenters. The summed E-state index contributed by atoms with van der Waals surface area (Å²) in [6.07, 6.45) is 0. The van der Waals surface area contributed by atoms with Crippen molar-refractivity contribution in [3.63, 3.8) is 0 Å². The minimum Gasteiger partial charge on any atom is -0.378 e. The fraction of sp³-hybridized carbons (Fsp3) is 0.474. The van der Waals surface area contributed by atoms with Gasteiger partial charge in [-0.05, 0) is 17.5 Å². The molecule has 1 N–H and O–H groups in total. The van der Waals surface area contributed by atoms with E-state index in [1.54, 1.807) is 0 Å². The second-order valence-corrected chi connectivity index (χ2v) is 6.86. The van der Waals surface area contributed by atoms with Gasteiger partial charge in [0.1, 0.15) is 0 Å². The molecule has 2 aliphatic rings. The number of H-pyrrole nitrogens is 1. The van der Waals surface area contributed by atoms with E-state index >= 15 is 0 Å². The molecule has 1 aromatic heterocycles. The predicted octanol–water partition coefficient (Wildman–Crippen LogP) is 1.10. The van der Waals surface area contributed by atoms with Crippen LogP contribution in [0.1, 0.15) is 5.56 Å². The molecule has 2 saturated heterocycles. The predicted molar refractivity (Wildman–Crippen MR) is 99.2 cm³/mol. The topological polar surface area (TPSA) is 68.9 Å². The number of morpholine rings is 1. The van der Waals surface area contributed by atoms with Crippen molar-refractivity contribution in [3.05, 3.63) is 46.2 Å². The number of pyridine rings is 1. The van der Waals surface area contributed by atoms with Crippen LogP contribution >= 0.6 is 0 Å². The number of piperazine rings is 1. The third kappa shape index (κ3) is 3.59. The van der Waals surface area contributed by atoms with E-state index in [0.29, 0.717) is 45.9 Å². The molecule has 0 spiro atoms. The third-order valence-electron chi connectivity index (χ3n) is 5.15. The van der Waals surface area contributed by atoms with E-state index in [9.17, 15) is 9.59 Å². The summed E-state index contributed by atoms with van der Waals surface area (Å²) in [7, 11) is 0. The van der Waals surface area contributed by atoms with Crippen LogP contribution in [0.5, 0.6) is 0 Å². The molecule has 4 rings (SSSR count). The summed E-state index contributed by atoms with van der Waals surface area (Å²) >= 11 is 0. The average Bonchev–Trinajstić information content (AvgIpc) is 2.69. The largest absolute Gasteiger partial charge is 0.378 e. The Morgan fingerprint density at radius 2 is 1.69 bits per heavy atom. The van der Waals surface area contributed by atoms with Gasteiger partial charge in [0.25, 0.3) is 5.56 Å². The number of nitrogens with one attached hydrogen (secondary N) is 1. The van der Waals surface area contributed by atoms with Crippen molar-refractivity contribution in [1.82, 2.24) is 19.7 Å². The molecule has 7 heteroatoms. The Balaban J connectivity index is 1.37. The van der Waals surface area contributed by atoms with Crippen LogP contribution in [-0.2, 0) is 11.3 Å². The number of carbonyl (C=O) groups is 1. The van der Waals surface area contributed by atoms with Gasteiger partial charge in [0.05, 0.1) is 13.2 Å². The Kier molecular flexibility index (Phi) is 4.90. The standard InChI is InChI=1S/C19H24N4O3/c24-18-16(13-15-3-1-2-4-17(15)20-18)14-21-5-7-22(8-6-21)19(25)23-9-11-26-12-10-23/h1-4,13H,5-12,14H2,(H,20,24). The van der Waals surface area contributed by atoms with E-state index < -0.39 is 0 Å². The van der Waals surface area contributed by atoms with Crippen LogP contribution in [-0.4, -0.2) is 78.2 Å². The maximum atomic E-state index is 12.5. The highest BCUT2D eigenvalue weighted by Crippen LogP contribution is 2.13. The highest BCUT2D eigenvalue weighted by molar-refractivity contribution is 5.78. The molecular formula is C19H24N4O3. The van der Waals surface area contributed by atoms with Crippen LogP contribution in [0.2, 0.25) is 0 Å². The molecule has 3 heterocycles. The van der Waals surface area contributed by atoms with Crippen LogP contribution in [0.25, 0.3) is 10.9 Å². The first-order valence-electron chi connectivity index (χ1n) is 9.15. The SMILES string of the molecule is O=C(N1CCOCC1)N1CCN(Cc2cc3ccccc3[nH]c2=O)CC1. The number of aromatic amines is 1. The Morgan fingerprint density at radius 3 is 2.46 bits per heavy atom. The molecule has 0 unspecified atom stereocenters. The fourth-order valence-corrected chi connectivity index (χ4v) is 3.60. The number of carbonyl (C=O) groups excluding carboxylic acids is 1. The second kappa shape index (κ2) is 7.47. The minimum absolute atomic E-state index is 0.0319. The number of rotatable bonds is 2. The maximum Gasteiger partial charge on any atom is 0.320 e. The molecule has 26 heavy (non-hydrogen) atoms. The number of para-hydroxylation sites is 1. The molecule has 7 nitrogen and oxygen atoms in total. The van der Waals surface area contributed by atoms with Crippen molar-refractivity contribution < 1.29 is 9.53 Å². The number of hydrogen-bond acceptors (Lipinski definition) is 4. The smallest absolute Gasteiger partial charge is 0.320 e. The molecule has 0 saturated carbocycles. The Labute approximate surface area is 152 Å². The Morgan fingerprint density at radius 1 is 1.00 bits per heavy atom. The van der Waals surface area contributed by atoms with Crippen molar-refractivity contribution in [1.29, 1.82) is 0 Å². The van der Waals surface area contributed by atoms with Crippen LogP contribution in [0.15, 0.2) is 35.1 Å². The molecule has 0 bridgehead atoms. The third-order valence-corrected chi connectivity index (χ3v) is 5.15. The lowest BCUT2D eigenvalue weighted by molar-refractivity contribution is 0.0373. The van der Waals surface area contributed by atoms with Gasteiger partial charge in [0.2, 0.25) is 0 Å². The molecule has 1 aromatic carbocycles. The second-order valence-electron chi connectivity index (χ2n) is 6.86. The number of amides is 2. The van der Waals surface area contributed by atoms with E-state index in [1.165, 1.54) is 0 Å². The van der Waals surface area contributed by atoms with Crippen molar-refractivity contribution in [2.24, 2.45) is 0 Å². The zero-order valence-electron chi connectivity index (χ0n) is 14.8. The summed E-state index contributed by atoms with van der Waals surface area (Å²) in [5.41, 5.74) is 1.61. The first kappa shape index (κ1) is 17.1. The summed E-state index contributed by atoms with van der Waals surface area (Å²) in [6.45, 7) is 6.15. The lowest BCUT2D eigenvalue weighted by Crippen LogP contribution is -2.54. The van der Waals surface area contributed by atoms with Gasteiger partial charge < -0.3 is 19.5 Å². The van der Waals surface area contributed by atoms with Crippen LogP contribution in [0, 0.1) is 0 Å². The summed E-state index contributed by atoms with van der Waals surface area (Å²) in [5, 5.41) is 1.04. The van der Waals surface area contributed by atoms with Crippen molar-refractivity contribution in [2.75, 3.05) is 52.5 Å². The quantitative estimate of drug-likeness (QED) is 0.875. The monoisotopic (exact) mass is 356 g/mol. The van der Waals surface area contributed by atoms with Gasteiger partial charge in [-0.25, -0.2) is 4.79 Å². The lowest BCUT2D eigenvalue weighted by atomic mass is 10.1. The molecule has 0 aliphatic carbocycles. The molecule has 2 aromatic rings. The molecular weight excluding hydrogens is 332 g/mol. The number of aromatic nitrogens is 1. The molecule has 2 amide bonds. The van der Waals surface area contributed by atoms with E-state index in [0.717, 1.165) is 29.6 Å². The van der Waals surface area contributed by atoms with Crippen LogP contribution in [0.4, 0.5) is 4.79 Å². The van der Waals surface area contributed by atoms with Crippen molar-refractivity contribution >= 4 is 16.9 Å².